The minimum absolute atomic E-state index is 0.0442. The molecule has 2 aliphatic heterocycles. The van der Waals surface area contributed by atoms with Crippen LogP contribution in [-0.2, 0) is 14.6 Å². The molecule has 2 atom stereocenters. The summed E-state index contributed by atoms with van der Waals surface area (Å²) in [6.07, 6.45) is -0.711. The van der Waals surface area contributed by atoms with Crippen molar-refractivity contribution in [2.75, 3.05) is 37.7 Å². The molecule has 0 saturated carbocycles. The second kappa shape index (κ2) is 10.9. The fourth-order valence-corrected chi connectivity index (χ4v) is 5.04. The number of sulfone groups is 1. The summed E-state index contributed by atoms with van der Waals surface area (Å²) in [5, 5.41) is 16.6. The Hall–Kier alpha value is -3.44. The number of aliphatic hydroxyl groups excluding tert-OH is 1. The van der Waals surface area contributed by atoms with Gasteiger partial charge in [0.2, 0.25) is 5.90 Å². The molecule has 2 unspecified atom stereocenters. The van der Waals surface area contributed by atoms with Crippen LogP contribution in [0.1, 0.15) is 34.3 Å². The van der Waals surface area contributed by atoms with E-state index >= 15 is 0 Å². The molecule has 3 N–H and O–H groups in total. The lowest BCUT2D eigenvalue weighted by Crippen LogP contribution is -2.54. The molecule has 0 radical (unpaired) electrons. The van der Waals surface area contributed by atoms with Crippen LogP contribution in [0.25, 0.3) is 0 Å². The quantitative estimate of drug-likeness (QED) is 0.291. The van der Waals surface area contributed by atoms with Gasteiger partial charge in [-0.2, -0.15) is 0 Å². The predicted molar refractivity (Wildman–Crippen MR) is 133 cm³/mol. The van der Waals surface area contributed by atoms with Crippen molar-refractivity contribution in [3.8, 4) is 0 Å². The zero-order valence-corrected chi connectivity index (χ0v) is 20.2. The Morgan fingerprint density at radius 2 is 1.91 bits per heavy atom. The van der Waals surface area contributed by atoms with E-state index in [0.29, 0.717) is 36.1 Å². The highest BCUT2D eigenvalue weighted by atomic mass is 32.2. The minimum atomic E-state index is -3.04. The van der Waals surface area contributed by atoms with Gasteiger partial charge in [-0.25, -0.2) is 8.42 Å². The van der Waals surface area contributed by atoms with E-state index in [0.717, 1.165) is 5.56 Å². The fraction of sp³-hybridized carbons (Fsp3) is 0.375. The van der Waals surface area contributed by atoms with Gasteiger partial charge in [0.05, 0.1) is 30.6 Å². The average Bonchev–Trinajstić information content (AvgIpc) is 3.35. The Bertz CT molecular complexity index is 1200. The number of carbonyl (C=O) groups is 1. The van der Waals surface area contributed by atoms with Gasteiger partial charge < -0.3 is 20.1 Å². The highest BCUT2D eigenvalue weighted by Gasteiger charge is 2.29. The van der Waals surface area contributed by atoms with Crippen LogP contribution in [0, 0.1) is 0 Å². The maximum atomic E-state index is 12.8. The number of aliphatic imine (C=N–C) groups is 1. The Morgan fingerprint density at radius 3 is 2.63 bits per heavy atom. The fourth-order valence-electron chi connectivity index (χ4n) is 3.84. The van der Waals surface area contributed by atoms with Gasteiger partial charge in [-0.15, -0.1) is 5.10 Å². The number of hydrogen-bond donors (Lipinski definition) is 3. The molecule has 10 nitrogen and oxygen atoms in total. The Balaban J connectivity index is 1.41. The van der Waals surface area contributed by atoms with Gasteiger partial charge in [0.15, 0.2) is 21.6 Å². The number of nitrogens with one attached hydrogen (secondary N) is 2. The molecule has 0 spiro atoms. The number of hydrogen-bond acceptors (Lipinski definition) is 8. The maximum Gasteiger partial charge on any atom is 0.267 e. The summed E-state index contributed by atoms with van der Waals surface area (Å²) in [4.78, 5) is 19.0. The summed E-state index contributed by atoms with van der Waals surface area (Å²) in [6, 6.07) is 16.5. The van der Waals surface area contributed by atoms with E-state index in [-0.39, 0.29) is 36.4 Å². The first-order valence-electron chi connectivity index (χ1n) is 11.4. The molecule has 11 heteroatoms. The van der Waals surface area contributed by atoms with Crippen LogP contribution in [0.4, 0.5) is 0 Å². The lowest BCUT2D eigenvalue weighted by molar-refractivity contribution is 0.103. The van der Waals surface area contributed by atoms with Crippen molar-refractivity contribution >= 4 is 27.5 Å². The van der Waals surface area contributed by atoms with Crippen molar-refractivity contribution < 1.29 is 23.1 Å². The first kappa shape index (κ1) is 24.7. The SMILES string of the molecule is CC(C1=NNC(NC(=NCCO)N2CCS(=O)(=O)CC2)O1)c1cccc(C(=O)c2ccccc2)c1. The lowest BCUT2D eigenvalue weighted by Gasteiger charge is -2.31. The van der Waals surface area contributed by atoms with Gasteiger partial charge in [-0.05, 0) is 18.6 Å². The highest BCUT2D eigenvalue weighted by molar-refractivity contribution is 7.91. The number of ether oxygens (including phenoxy) is 1. The van der Waals surface area contributed by atoms with Crippen LogP contribution in [0.3, 0.4) is 0 Å². The van der Waals surface area contributed by atoms with E-state index in [1.165, 1.54) is 0 Å². The zero-order valence-electron chi connectivity index (χ0n) is 19.4. The molecular weight excluding hydrogens is 470 g/mol. The van der Waals surface area contributed by atoms with Gasteiger partial charge in [-0.3, -0.25) is 15.2 Å². The second-order valence-electron chi connectivity index (χ2n) is 8.33. The predicted octanol–water partition coefficient (Wildman–Crippen LogP) is 0.906. The molecule has 35 heavy (non-hydrogen) atoms. The van der Waals surface area contributed by atoms with Crippen molar-refractivity contribution in [2.24, 2.45) is 10.1 Å². The molecule has 1 saturated heterocycles. The van der Waals surface area contributed by atoms with Crippen LogP contribution >= 0.6 is 0 Å². The molecule has 0 aliphatic carbocycles. The van der Waals surface area contributed by atoms with Crippen molar-refractivity contribution in [3.63, 3.8) is 0 Å². The second-order valence-corrected chi connectivity index (χ2v) is 10.6. The first-order valence-corrected chi connectivity index (χ1v) is 13.2. The number of ketones is 1. The highest BCUT2D eigenvalue weighted by Crippen LogP contribution is 2.22. The van der Waals surface area contributed by atoms with E-state index in [1.807, 2.05) is 48.2 Å². The standard InChI is InChI=1S/C24H29N5O5S/c1-17(19-8-5-9-20(16-19)21(31)18-6-3-2-4-7-18)22-27-28-24(34-22)26-23(25-10-13-30)29-11-14-35(32,33)15-12-29/h2-9,16-17,24,28,30H,10-15H2,1H3,(H,25,26). The van der Waals surface area contributed by atoms with Crippen molar-refractivity contribution in [2.45, 2.75) is 19.2 Å². The molecule has 0 aromatic heterocycles. The molecular formula is C24H29N5O5S. The van der Waals surface area contributed by atoms with Gasteiger partial charge >= 0.3 is 0 Å². The van der Waals surface area contributed by atoms with E-state index < -0.39 is 16.2 Å². The summed E-state index contributed by atoms with van der Waals surface area (Å²) >= 11 is 0. The molecule has 4 rings (SSSR count). The number of rotatable bonds is 7. The molecule has 2 aliphatic rings. The van der Waals surface area contributed by atoms with Crippen molar-refractivity contribution in [3.05, 3.63) is 71.3 Å². The summed E-state index contributed by atoms with van der Waals surface area (Å²) in [7, 11) is -3.04. The number of guanidine groups is 1. The number of carbonyl (C=O) groups excluding carboxylic acids is 1. The third-order valence-corrected chi connectivity index (χ3v) is 7.46. The molecule has 186 valence electrons. The summed E-state index contributed by atoms with van der Waals surface area (Å²) in [5.74, 6) is 0.682. The van der Waals surface area contributed by atoms with E-state index in [4.69, 9.17) is 4.74 Å². The van der Waals surface area contributed by atoms with Crippen LogP contribution in [0.2, 0.25) is 0 Å². The molecule has 2 heterocycles. The van der Waals surface area contributed by atoms with Crippen LogP contribution in [-0.4, -0.2) is 80.2 Å². The Kier molecular flexibility index (Phi) is 7.67. The lowest BCUT2D eigenvalue weighted by atomic mass is 9.95. The Morgan fingerprint density at radius 1 is 1.20 bits per heavy atom. The molecule has 2 aromatic carbocycles. The van der Waals surface area contributed by atoms with E-state index in [1.54, 1.807) is 18.2 Å². The van der Waals surface area contributed by atoms with Crippen LogP contribution in [0.5, 0.6) is 0 Å². The number of aliphatic hydroxyl groups is 1. The molecule has 0 bridgehead atoms. The average molecular weight is 500 g/mol. The normalized spacial score (nSPS) is 20.4. The number of hydrazone groups is 1. The number of benzene rings is 2. The first-order chi connectivity index (χ1) is 16.9. The minimum Gasteiger partial charge on any atom is -0.435 e. The van der Waals surface area contributed by atoms with Gasteiger partial charge in [0.1, 0.15) is 0 Å². The maximum absolute atomic E-state index is 12.8. The number of nitrogens with zero attached hydrogens (tertiary/aromatic N) is 3. The van der Waals surface area contributed by atoms with Crippen LogP contribution in [0.15, 0.2) is 64.7 Å². The van der Waals surface area contributed by atoms with Gasteiger partial charge in [0, 0.05) is 24.2 Å². The summed E-state index contributed by atoms with van der Waals surface area (Å²) in [5.41, 5.74) is 4.97. The summed E-state index contributed by atoms with van der Waals surface area (Å²) in [6.45, 7) is 2.58. The third kappa shape index (κ3) is 6.17. The largest absolute Gasteiger partial charge is 0.435 e. The molecule has 1 fully saturated rings. The van der Waals surface area contributed by atoms with Crippen molar-refractivity contribution in [1.29, 1.82) is 0 Å². The van der Waals surface area contributed by atoms with Gasteiger partial charge in [0.25, 0.3) is 6.35 Å². The zero-order chi connectivity index (χ0) is 24.8. The third-order valence-electron chi connectivity index (χ3n) is 5.85. The monoisotopic (exact) mass is 499 g/mol. The van der Waals surface area contributed by atoms with E-state index in [2.05, 4.69) is 20.8 Å². The van der Waals surface area contributed by atoms with Crippen LogP contribution < -0.4 is 10.7 Å². The molecule has 2 aromatic rings. The topological polar surface area (TPSA) is 133 Å². The Labute approximate surface area is 204 Å². The van der Waals surface area contributed by atoms with E-state index in [9.17, 15) is 18.3 Å². The smallest absolute Gasteiger partial charge is 0.267 e. The van der Waals surface area contributed by atoms with Crippen molar-refractivity contribution in [1.82, 2.24) is 15.6 Å². The summed E-state index contributed by atoms with van der Waals surface area (Å²) < 4.78 is 29.5. The molecule has 0 amide bonds. The van der Waals surface area contributed by atoms with Gasteiger partial charge in [-0.1, -0.05) is 48.5 Å².